The number of nitrogens with one attached hydrogen (secondary N) is 1. The molecule has 3 aromatic carbocycles. The van der Waals surface area contributed by atoms with Crippen LogP contribution < -0.4 is 5.32 Å². The molecule has 0 radical (unpaired) electrons. The van der Waals surface area contributed by atoms with Gasteiger partial charge in [-0.3, -0.25) is 4.79 Å². The van der Waals surface area contributed by atoms with Gasteiger partial charge in [0.05, 0.1) is 26.4 Å². The highest BCUT2D eigenvalue weighted by molar-refractivity contribution is 14.1. The highest BCUT2D eigenvalue weighted by Gasteiger charge is 2.22. The summed E-state index contributed by atoms with van der Waals surface area (Å²) in [5.41, 5.74) is 4.46. The number of rotatable bonds is 5. The lowest BCUT2D eigenvalue weighted by molar-refractivity contribution is 0.0936. The highest BCUT2D eigenvalue weighted by Crippen LogP contribution is 2.32. The predicted octanol–water partition coefficient (Wildman–Crippen LogP) is 6.39. The van der Waals surface area contributed by atoms with E-state index < -0.39 is 0 Å². The Bertz CT molecular complexity index is 1140. The Morgan fingerprint density at radius 2 is 1.55 bits per heavy atom. The van der Waals surface area contributed by atoms with Crippen LogP contribution in [0.2, 0.25) is 0 Å². The van der Waals surface area contributed by atoms with Crippen LogP contribution in [-0.4, -0.2) is 10.9 Å². The van der Waals surface area contributed by atoms with Crippen LogP contribution >= 0.6 is 22.6 Å². The van der Waals surface area contributed by atoms with Crippen molar-refractivity contribution in [3.63, 3.8) is 0 Å². The molecule has 0 bridgehead atoms. The van der Waals surface area contributed by atoms with E-state index >= 15 is 0 Å². The predicted molar refractivity (Wildman–Crippen MR) is 127 cm³/mol. The van der Waals surface area contributed by atoms with Crippen LogP contribution in [0.15, 0.2) is 84.9 Å². The first-order valence-electron chi connectivity index (χ1n) is 9.68. The summed E-state index contributed by atoms with van der Waals surface area (Å²) < 4.78 is 0.868. The zero-order valence-corrected chi connectivity index (χ0v) is 18.3. The van der Waals surface area contributed by atoms with Crippen molar-refractivity contribution in [1.29, 1.82) is 0 Å². The number of aromatic nitrogens is 1. The molecule has 1 N–H and O–H groups in total. The Kier molecular flexibility index (Phi) is 5.90. The molecular weight excluding hydrogens is 471 g/mol. The van der Waals surface area contributed by atoms with Gasteiger partial charge in [-0.25, -0.2) is 4.98 Å². The van der Waals surface area contributed by atoms with Crippen LogP contribution in [0, 0.1) is 3.57 Å². The fraction of sp³-hybridized carbons (Fsp3) is 0.120. The molecule has 4 aromatic rings. The van der Waals surface area contributed by atoms with Crippen molar-refractivity contribution in [1.82, 2.24) is 10.3 Å². The standard InChI is InChI=1S/C25H21IN2O/c1-2-20(17-11-5-3-6-12-17)28-25(29)22-19-15-9-10-16-21(19)27-24(23(22)26)18-13-7-4-8-14-18/h3-16,20H,2H2,1H3,(H,28,29)/t20-/m0/s1. The lowest BCUT2D eigenvalue weighted by Crippen LogP contribution is -2.29. The molecule has 4 rings (SSSR count). The molecule has 0 fully saturated rings. The van der Waals surface area contributed by atoms with Crippen molar-refractivity contribution < 1.29 is 4.79 Å². The van der Waals surface area contributed by atoms with Crippen molar-refractivity contribution in [3.8, 4) is 11.3 Å². The summed E-state index contributed by atoms with van der Waals surface area (Å²) in [4.78, 5) is 18.3. The lowest BCUT2D eigenvalue weighted by Gasteiger charge is -2.19. The molecule has 0 spiro atoms. The monoisotopic (exact) mass is 492 g/mol. The zero-order chi connectivity index (χ0) is 20.2. The lowest BCUT2D eigenvalue weighted by atomic mass is 10.0. The Labute approximate surface area is 184 Å². The first-order chi connectivity index (χ1) is 14.2. The van der Waals surface area contributed by atoms with Crippen molar-refractivity contribution in [2.24, 2.45) is 0 Å². The second-order valence-corrected chi connectivity index (χ2v) is 7.96. The number of para-hydroxylation sites is 1. The van der Waals surface area contributed by atoms with E-state index in [0.717, 1.165) is 37.7 Å². The maximum Gasteiger partial charge on any atom is 0.253 e. The molecule has 1 amide bonds. The average molecular weight is 492 g/mol. The third-order valence-corrected chi connectivity index (χ3v) is 6.07. The summed E-state index contributed by atoms with van der Waals surface area (Å²) in [5, 5.41) is 4.11. The van der Waals surface area contributed by atoms with Gasteiger partial charge in [-0.1, -0.05) is 85.8 Å². The first kappa shape index (κ1) is 19.6. The summed E-state index contributed by atoms with van der Waals surface area (Å²) in [7, 11) is 0. The quantitative estimate of drug-likeness (QED) is 0.328. The van der Waals surface area contributed by atoms with Crippen LogP contribution in [0.25, 0.3) is 22.2 Å². The van der Waals surface area contributed by atoms with Crippen LogP contribution in [0.5, 0.6) is 0 Å². The number of benzene rings is 3. The molecule has 0 aliphatic heterocycles. The Morgan fingerprint density at radius 3 is 2.24 bits per heavy atom. The van der Waals surface area contributed by atoms with Gasteiger partial charge in [0.25, 0.3) is 5.91 Å². The molecule has 4 heteroatoms. The SMILES string of the molecule is CC[C@H](NC(=O)c1c(I)c(-c2ccccc2)nc2ccccc12)c1ccccc1. The highest BCUT2D eigenvalue weighted by atomic mass is 127. The van der Waals surface area contributed by atoms with E-state index in [-0.39, 0.29) is 11.9 Å². The third kappa shape index (κ3) is 4.03. The van der Waals surface area contributed by atoms with Gasteiger partial charge in [-0.15, -0.1) is 0 Å². The number of amides is 1. The summed E-state index contributed by atoms with van der Waals surface area (Å²) in [5.74, 6) is -0.0686. The molecule has 0 saturated heterocycles. The molecule has 0 aliphatic rings. The maximum absolute atomic E-state index is 13.5. The van der Waals surface area contributed by atoms with Gasteiger partial charge in [0.15, 0.2) is 0 Å². The fourth-order valence-corrected chi connectivity index (χ4v) is 4.50. The van der Waals surface area contributed by atoms with E-state index in [1.807, 2.05) is 72.8 Å². The van der Waals surface area contributed by atoms with Gasteiger partial charge in [-0.2, -0.15) is 0 Å². The van der Waals surface area contributed by atoms with E-state index in [1.165, 1.54) is 0 Å². The Hall–Kier alpha value is -2.73. The van der Waals surface area contributed by atoms with Gasteiger partial charge in [0.2, 0.25) is 0 Å². The number of nitrogens with zero attached hydrogens (tertiary/aromatic N) is 1. The number of hydrogen-bond donors (Lipinski definition) is 1. The molecule has 0 aliphatic carbocycles. The van der Waals surface area contributed by atoms with Crippen LogP contribution in [-0.2, 0) is 0 Å². The van der Waals surface area contributed by atoms with Gasteiger partial charge < -0.3 is 5.32 Å². The number of hydrogen-bond acceptors (Lipinski definition) is 2. The largest absolute Gasteiger partial charge is 0.345 e. The van der Waals surface area contributed by atoms with Crippen molar-refractivity contribution in [2.75, 3.05) is 0 Å². The van der Waals surface area contributed by atoms with E-state index in [1.54, 1.807) is 0 Å². The molecule has 0 unspecified atom stereocenters. The van der Waals surface area contributed by atoms with E-state index in [9.17, 15) is 4.79 Å². The van der Waals surface area contributed by atoms with Crippen molar-refractivity contribution in [2.45, 2.75) is 19.4 Å². The molecular formula is C25H21IN2O. The zero-order valence-electron chi connectivity index (χ0n) is 16.1. The van der Waals surface area contributed by atoms with E-state index in [0.29, 0.717) is 5.56 Å². The molecule has 3 nitrogen and oxygen atoms in total. The number of carbonyl (C=O) groups excluding carboxylic acids is 1. The maximum atomic E-state index is 13.5. The number of carbonyl (C=O) groups is 1. The molecule has 1 aromatic heterocycles. The van der Waals surface area contributed by atoms with Gasteiger partial charge in [0.1, 0.15) is 0 Å². The molecule has 1 atom stereocenters. The number of fused-ring (bicyclic) bond motifs is 1. The Balaban J connectivity index is 1.82. The minimum absolute atomic E-state index is 0.0356. The topological polar surface area (TPSA) is 42.0 Å². The van der Waals surface area contributed by atoms with Crippen LogP contribution in [0.1, 0.15) is 35.3 Å². The number of pyridine rings is 1. The molecule has 29 heavy (non-hydrogen) atoms. The molecule has 144 valence electrons. The van der Waals surface area contributed by atoms with Gasteiger partial charge >= 0.3 is 0 Å². The van der Waals surface area contributed by atoms with Crippen molar-refractivity contribution >= 4 is 39.4 Å². The van der Waals surface area contributed by atoms with Crippen molar-refractivity contribution in [3.05, 3.63) is 99.6 Å². The van der Waals surface area contributed by atoms with Crippen LogP contribution in [0.4, 0.5) is 0 Å². The molecule has 1 heterocycles. The smallest absolute Gasteiger partial charge is 0.253 e. The van der Waals surface area contributed by atoms with E-state index in [2.05, 4.69) is 47.0 Å². The Morgan fingerprint density at radius 1 is 0.931 bits per heavy atom. The average Bonchev–Trinajstić information content (AvgIpc) is 2.78. The number of halogens is 1. The fourth-order valence-electron chi connectivity index (χ4n) is 3.53. The normalized spacial score (nSPS) is 11.9. The first-order valence-corrected chi connectivity index (χ1v) is 10.8. The van der Waals surface area contributed by atoms with Gasteiger partial charge in [0, 0.05) is 10.9 Å². The summed E-state index contributed by atoms with van der Waals surface area (Å²) in [6, 6.07) is 27.9. The third-order valence-electron chi connectivity index (χ3n) is 5.02. The minimum Gasteiger partial charge on any atom is -0.345 e. The summed E-state index contributed by atoms with van der Waals surface area (Å²) in [6.07, 6.45) is 0.820. The second-order valence-electron chi connectivity index (χ2n) is 6.88. The molecule has 0 saturated carbocycles. The van der Waals surface area contributed by atoms with E-state index in [4.69, 9.17) is 4.98 Å². The minimum atomic E-state index is -0.0686. The summed E-state index contributed by atoms with van der Waals surface area (Å²) in [6.45, 7) is 2.09. The van der Waals surface area contributed by atoms with Crippen LogP contribution in [0.3, 0.4) is 0 Å². The van der Waals surface area contributed by atoms with Gasteiger partial charge in [-0.05, 0) is 40.6 Å². The summed E-state index contributed by atoms with van der Waals surface area (Å²) >= 11 is 2.26. The second kappa shape index (κ2) is 8.74.